The first-order valence-electron chi connectivity index (χ1n) is 6.46. The summed E-state index contributed by atoms with van der Waals surface area (Å²) in [4.78, 5) is 8.31. The second-order valence-electron chi connectivity index (χ2n) is 4.62. The summed E-state index contributed by atoms with van der Waals surface area (Å²) in [6.07, 6.45) is 6.53. The molecule has 0 aliphatic carbocycles. The Bertz CT molecular complexity index is 1200. The minimum atomic E-state index is -0.285. The fourth-order valence-electron chi connectivity index (χ4n) is 2.41. The molecule has 0 amide bonds. The number of aromatic nitrogens is 6. The number of nitrogens with zero attached hydrogens (tertiary/aromatic N) is 7. The van der Waals surface area contributed by atoms with Gasteiger partial charge in [-0.2, -0.15) is 0 Å². The standard InChI is InChI=1S/C14H6N7OP/c15-5-9-3-10-12(4-11(9)20-2-1-16-8-20)21-13(6-17-10)18-19-14(21)7-23-22/h1-4,6,8H. The molecule has 0 radical (unpaired) electrons. The molecule has 0 unspecified atom stereocenters. The molecule has 0 aliphatic heterocycles. The van der Waals surface area contributed by atoms with Crippen molar-refractivity contribution in [1.82, 2.24) is 29.1 Å². The minimum absolute atomic E-state index is 0.285. The normalized spacial score (nSPS) is 10.6. The Balaban J connectivity index is 2.17. The third-order valence-corrected chi connectivity index (χ3v) is 3.68. The van der Waals surface area contributed by atoms with E-state index in [0.29, 0.717) is 33.8 Å². The zero-order valence-electron chi connectivity index (χ0n) is 11.5. The third kappa shape index (κ3) is 2.04. The molecular weight excluding hydrogens is 313 g/mol. The quantitative estimate of drug-likeness (QED) is 0.497. The maximum absolute atomic E-state index is 10.8. The van der Waals surface area contributed by atoms with E-state index in [1.807, 2.05) is 0 Å². The summed E-state index contributed by atoms with van der Waals surface area (Å²) in [5.74, 6) is 0.324. The molecule has 0 atom stereocenters. The van der Waals surface area contributed by atoms with Crippen molar-refractivity contribution in [3.8, 4) is 17.4 Å². The van der Waals surface area contributed by atoms with Crippen LogP contribution in [0, 0.1) is 17.0 Å². The number of rotatable bonds is 1. The van der Waals surface area contributed by atoms with Crippen molar-refractivity contribution < 1.29 is 4.57 Å². The van der Waals surface area contributed by atoms with E-state index in [2.05, 4.69) is 31.9 Å². The van der Waals surface area contributed by atoms with Crippen LogP contribution in [0.5, 0.6) is 0 Å². The van der Waals surface area contributed by atoms with Gasteiger partial charge in [0.05, 0.1) is 0 Å². The first kappa shape index (κ1) is 13.4. The van der Waals surface area contributed by atoms with Gasteiger partial charge in [-0.3, -0.25) is 0 Å². The van der Waals surface area contributed by atoms with E-state index >= 15 is 0 Å². The summed E-state index contributed by atoms with van der Waals surface area (Å²) in [6.45, 7) is 0. The van der Waals surface area contributed by atoms with E-state index in [1.54, 1.807) is 46.0 Å². The molecule has 0 aliphatic rings. The molecule has 0 spiro atoms. The topological polar surface area (TPSA) is 102 Å². The van der Waals surface area contributed by atoms with Gasteiger partial charge >= 0.3 is 129 Å². The number of benzene rings is 1. The Morgan fingerprint density at radius 3 is 2.91 bits per heavy atom. The second kappa shape index (κ2) is 5.18. The van der Waals surface area contributed by atoms with Crippen molar-refractivity contribution in [3.05, 3.63) is 48.4 Å². The van der Waals surface area contributed by atoms with E-state index in [-0.39, 0.29) is 7.92 Å². The number of imidazole rings is 1. The summed E-state index contributed by atoms with van der Waals surface area (Å²) in [6, 6.07) is 5.64. The monoisotopic (exact) mass is 319 g/mol. The summed E-state index contributed by atoms with van der Waals surface area (Å²) in [7, 11) is -0.285. The fourth-order valence-corrected chi connectivity index (χ4v) is 2.64. The van der Waals surface area contributed by atoms with Gasteiger partial charge in [0, 0.05) is 0 Å². The number of nitriles is 1. The Hall–Kier alpha value is -3.26. The van der Waals surface area contributed by atoms with Gasteiger partial charge in [0.25, 0.3) is 0 Å². The zero-order chi connectivity index (χ0) is 15.8. The van der Waals surface area contributed by atoms with E-state index in [9.17, 15) is 9.83 Å². The molecule has 1 aromatic carbocycles. The van der Waals surface area contributed by atoms with Crippen LogP contribution in [0.15, 0.2) is 37.1 Å². The Labute approximate surface area is 130 Å². The maximum atomic E-state index is 10.8. The predicted octanol–water partition coefficient (Wildman–Crippen LogP) is 1.93. The van der Waals surface area contributed by atoms with Crippen LogP contribution in [0.2, 0.25) is 0 Å². The molecule has 9 heteroatoms. The van der Waals surface area contributed by atoms with Crippen molar-refractivity contribution in [2.24, 2.45) is 0 Å². The van der Waals surface area contributed by atoms with Gasteiger partial charge in [-0.15, -0.1) is 0 Å². The molecule has 0 N–H and O–H groups in total. The third-order valence-electron chi connectivity index (χ3n) is 3.39. The second-order valence-corrected chi connectivity index (χ2v) is 5.02. The fraction of sp³-hybridized carbons (Fsp3) is 0. The van der Waals surface area contributed by atoms with Gasteiger partial charge < -0.3 is 0 Å². The average Bonchev–Trinajstić information content (AvgIpc) is 3.24. The van der Waals surface area contributed by atoms with Crippen LogP contribution in [-0.2, 0) is 4.57 Å². The summed E-state index contributed by atoms with van der Waals surface area (Å²) in [5.41, 5.74) is 5.51. The number of fused-ring (bicyclic) bond motifs is 3. The van der Waals surface area contributed by atoms with Crippen LogP contribution in [-0.4, -0.2) is 29.1 Å². The van der Waals surface area contributed by atoms with Gasteiger partial charge in [-0.05, 0) is 0 Å². The van der Waals surface area contributed by atoms with Crippen LogP contribution >= 0.6 is 7.92 Å². The number of hydrogen-bond acceptors (Lipinski definition) is 6. The average molecular weight is 319 g/mol. The molecule has 108 valence electrons. The molecule has 4 aromatic rings. The molecule has 0 fully saturated rings. The van der Waals surface area contributed by atoms with Crippen molar-refractivity contribution in [1.29, 1.82) is 5.26 Å². The van der Waals surface area contributed by atoms with Gasteiger partial charge in [-0.1, -0.05) is 0 Å². The molecule has 4 rings (SSSR count). The van der Waals surface area contributed by atoms with Gasteiger partial charge in [-0.25, -0.2) is 0 Å². The van der Waals surface area contributed by atoms with E-state index in [1.165, 1.54) is 0 Å². The van der Waals surface area contributed by atoms with E-state index in [4.69, 9.17) is 0 Å². The van der Waals surface area contributed by atoms with Crippen LogP contribution in [0.25, 0.3) is 22.4 Å². The molecule has 0 saturated carbocycles. The predicted molar refractivity (Wildman–Crippen MR) is 80.7 cm³/mol. The number of hydrogen-bond donors (Lipinski definition) is 0. The van der Waals surface area contributed by atoms with Gasteiger partial charge in [0.15, 0.2) is 0 Å². The van der Waals surface area contributed by atoms with Crippen molar-refractivity contribution >= 4 is 24.6 Å². The summed E-state index contributed by atoms with van der Waals surface area (Å²) >= 11 is 0. The van der Waals surface area contributed by atoms with Crippen LogP contribution in [0.4, 0.5) is 0 Å². The molecular formula is C14H6N7OP. The summed E-state index contributed by atoms with van der Waals surface area (Å²) in [5, 5.41) is 17.3. The van der Waals surface area contributed by atoms with Gasteiger partial charge in [0.1, 0.15) is 0 Å². The molecule has 3 aromatic heterocycles. The molecule has 3 heterocycles. The van der Waals surface area contributed by atoms with Gasteiger partial charge in [0.2, 0.25) is 0 Å². The van der Waals surface area contributed by atoms with E-state index in [0.717, 1.165) is 0 Å². The van der Waals surface area contributed by atoms with Crippen LogP contribution in [0.3, 0.4) is 0 Å². The summed E-state index contributed by atoms with van der Waals surface area (Å²) < 4.78 is 14.3. The van der Waals surface area contributed by atoms with E-state index < -0.39 is 0 Å². The van der Waals surface area contributed by atoms with Crippen molar-refractivity contribution in [2.45, 2.75) is 0 Å². The molecule has 23 heavy (non-hydrogen) atoms. The SMILES string of the molecule is N#Cc1cc2ncc3nnc(C#P=O)n3c2cc1-n1ccnc1. The first-order chi connectivity index (χ1) is 11.3. The zero-order valence-corrected chi connectivity index (χ0v) is 12.3. The first-order valence-corrected chi connectivity index (χ1v) is 7.28. The van der Waals surface area contributed by atoms with Crippen LogP contribution in [0.1, 0.15) is 11.4 Å². The van der Waals surface area contributed by atoms with Crippen LogP contribution < -0.4 is 0 Å². The molecule has 8 nitrogen and oxygen atoms in total. The van der Waals surface area contributed by atoms with Crippen molar-refractivity contribution in [2.75, 3.05) is 0 Å². The Kier molecular flexibility index (Phi) is 3.02. The molecule has 0 saturated heterocycles. The van der Waals surface area contributed by atoms with Crippen molar-refractivity contribution in [3.63, 3.8) is 0 Å². The Morgan fingerprint density at radius 1 is 1.26 bits per heavy atom. The molecule has 0 bridgehead atoms. The Morgan fingerprint density at radius 2 is 2.17 bits per heavy atom.